The van der Waals surface area contributed by atoms with E-state index in [2.05, 4.69) is 5.32 Å². The van der Waals surface area contributed by atoms with Crippen molar-refractivity contribution in [2.24, 2.45) is 0 Å². The quantitative estimate of drug-likeness (QED) is 0.216. The number of carbonyl (C=O) groups is 2. The Morgan fingerprint density at radius 2 is 1.67 bits per heavy atom. The molecular formula is C26H30Cl2F5N3O3. The van der Waals surface area contributed by atoms with Crippen molar-refractivity contribution in [2.75, 3.05) is 33.7 Å². The number of ether oxygens (including phenoxy) is 1. The van der Waals surface area contributed by atoms with Gasteiger partial charge in [0, 0.05) is 26.7 Å². The molecule has 216 valence electrons. The molecule has 0 saturated heterocycles. The van der Waals surface area contributed by atoms with E-state index in [0.717, 1.165) is 34.9 Å². The zero-order chi connectivity index (χ0) is 29.4. The zero-order valence-corrected chi connectivity index (χ0v) is 23.2. The molecule has 2 rings (SSSR count). The maximum atomic E-state index is 13.7. The van der Waals surface area contributed by atoms with Gasteiger partial charge in [0.25, 0.3) is 0 Å². The van der Waals surface area contributed by atoms with Gasteiger partial charge in [-0.1, -0.05) is 36.2 Å². The van der Waals surface area contributed by atoms with Crippen molar-refractivity contribution in [3.05, 3.63) is 63.6 Å². The van der Waals surface area contributed by atoms with Crippen LogP contribution in [0.15, 0.2) is 36.4 Å². The summed E-state index contributed by atoms with van der Waals surface area (Å²) in [6, 6.07) is 7.01. The molecule has 0 aliphatic heterocycles. The van der Waals surface area contributed by atoms with Crippen molar-refractivity contribution >= 4 is 35.2 Å². The van der Waals surface area contributed by atoms with Gasteiger partial charge in [0.1, 0.15) is 12.2 Å². The number of hydrogen-bond acceptors (Lipinski definition) is 4. The first kappa shape index (κ1) is 32.6. The summed E-state index contributed by atoms with van der Waals surface area (Å²) in [6.45, 7) is 2.84. The smallest absolute Gasteiger partial charge is 0.410 e. The van der Waals surface area contributed by atoms with E-state index >= 15 is 0 Å². The van der Waals surface area contributed by atoms with Crippen molar-refractivity contribution in [3.8, 4) is 5.75 Å². The maximum Gasteiger partial charge on any atom is 0.415 e. The lowest BCUT2D eigenvalue weighted by molar-refractivity contribution is -0.161. The number of hydrogen-bond donors (Lipinski definition) is 1. The lowest BCUT2D eigenvalue weighted by Crippen LogP contribution is -2.55. The monoisotopic (exact) mass is 597 g/mol. The minimum absolute atomic E-state index is 0.120. The van der Waals surface area contributed by atoms with Gasteiger partial charge in [0.15, 0.2) is 11.6 Å². The third kappa shape index (κ3) is 9.22. The molecule has 0 saturated carbocycles. The second kappa shape index (κ2) is 14.1. The molecule has 13 heteroatoms. The van der Waals surface area contributed by atoms with E-state index < -0.39 is 41.8 Å². The molecule has 2 aromatic carbocycles. The molecule has 39 heavy (non-hydrogen) atoms. The molecule has 6 nitrogen and oxygen atoms in total. The highest BCUT2D eigenvalue weighted by molar-refractivity contribution is 6.42. The number of carbonyl (C=O) groups excluding carboxylic acids is 2. The number of rotatable bonds is 12. The van der Waals surface area contributed by atoms with Gasteiger partial charge >= 0.3 is 12.3 Å². The number of benzene rings is 2. The van der Waals surface area contributed by atoms with Crippen LogP contribution in [0, 0.1) is 11.6 Å². The maximum absolute atomic E-state index is 13.7. The topological polar surface area (TPSA) is 61.9 Å². The van der Waals surface area contributed by atoms with E-state index in [1.54, 1.807) is 6.07 Å². The minimum Gasteiger partial charge on any atom is -0.410 e. The van der Waals surface area contributed by atoms with Crippen LogP contribution in [0.2, 0.25) is 10.0 Å². The fourth-order valence-corrected chi connectivity index (χ4v) is 4.34. The first-order chi connectivity index (χ1) is 18.2. The van der Waals surface area contributed by atoms with Crippen LogP contribution in [0.3, 0.4) is 0 Å². The lowest BCUT2D eigenvalue weighted by Gasteiger charge is -2.44. The van der Waals surface area contributed by atoms with Crippen LogP contribution in [0.4, 0.5) is 26.7 Å². The van der Waals surface area contributed by atoms with Gasteiger partial charge < -0.3 is 15.0 Å². The average Bonchev–Trinajstić information content (AvgIpc) is 2.85. The van der Waals surface area contributed by atoms with E-state index in [9.17, 15) is 31.5 Å². The normalized spacial score (nSPS) is 13.1. The summed E-state index contributed by atoms with van der Waals surface area (Å²) in [7, 11) is 2.54. The molecule has 1 N–H and O–H groups in total. The second-order valence-corrected chi connectivity index (χ2v) is 9.87. The van der Waals surface area contributed by atoms with Crippen molar-refractivity contribution < 1.29 is 36.3 Å². The van der Waals surface area contributed by atoms with Crippen LogP contribution >= 0.6 is 23.2 Å². The largest absolute Gasteiger partial charge is 0.415 e. The molecule has 0 fully saturated rings. The molecule has 0 unspecified atom stereocenters. The van der Waals surface area contributed by atoms with Crippen LogP contribution in [-0.4, -0.2) is 61.7 Å². The molecular weight excluding hydrogens is 568 g/mol. The highest BCUT2D eigenvalue weighted by Gasteiger charge is 2.43. The number of alkyl halides is 3. The summed E-state index contributed by atoms with van der Waals surface area (Å²) in [5, 5.41) is 3.54. The molecule has 0 aromatic heterocycles. The van der Waals surface area contributed by atoms with E-state index in [0.29, 0.717) is 24.6 Å². The average molecular weight is 598 g/mol. The summed E-state index contributed by atoms with van der Waals surface area (Å²) in [5.41, 5.74) is -1.07. The Hall–Kier alpha value is -2.63. The Kier molecular flexibility index (Phi) is 11.8. The van der Waals surface area contributed by atoms with Gasteiger partial charge in [-0.2, -0.15) is 13.2 Å². The van der Waals surface area contributed by atoms with Gasteiger partial charge in [-0.25, -0.2) is 13.6 Å². The number of nitrogens with zero attached hydrogens (tertiary/aromatic N) is 2. The van der Waals surface area contributed by atoms with Crippen LogP contribution in [-0.2, 0) is 10.3 Å². The molecule has 2 aromatic rings. The highest BCUT2D eigenvalue weighted by atomic mass is 35.5. The highest BCUT2D eigenvalue weighted by Crippen LogP contribution is 2.38. The van der Waals surface area contributed by atoms with Gasteiger partial charge in [0.2, 0.25) is 5.91 Å². The van der Waals surface area contributed by atoms with Crippen molar-refractivity contribution in [2.45, 2.75) is 44.3 Å². The summed E-state index contributed by atoms with van der Waals surface area (Å²) in [5.74, 6) is -3.88. The Bertz CT molecular complexity index is 1150. The third-order valence-electron chi connectivity index (χ3n) is 6.12. The summed E-state index contributed by atoms with van der Waals surface area (Å²) in [4.78, 5) is 27.8. The molecule has 0 bridgehead atoms. The van der Waals surface area contributed by atoms with E-state index in [4.69, 9.17) is 27.9 Å². The fraction of sp³-hybridized carbons (Fsp3) is 0.462. The summed E-state index contributed by atoms with van der Waals surface area (Å²) < 4.78 is 71.4. The van der Waals surface area contributed by atoms with Crippen molar-refractivity contribution in [1.82, 2.24) is 15.1 Å². The predicted octanol–water partition coefficient (Wildman–Crippen LogP) is 6.79. The van der Waals surface area contributed by atoms with E-state index in [1.165, 1.54) is 26.2 Å². The Morgan fingerprint density at radius 3 is 2.26 bits per heavy atom. The number of halogens is 7. The van der Waals surface area contributed by atoms with Crippen LogP contribution in [0.5, 0.6) is 5.75 Å². The minimum atomic E-state index is -4.74. The predicted molar refractivity (Wildman–Crippen MR) is 139 cm³/mol. The first-order valence-electron chi connectivity index (χ1n) is 12.1. The molecule has 0 aliphatic rings. The molecule has 0 spiro atoms. The van der Waals surface area contributed by atoms with Crippen LogP contribution in [0.25, 0.3) is 0 Å². The Morgan fingerprint density at radius 1 is 0.974 bits per heavy atom. The lowest BCUT2D eigenvalue weighted by atomic mass is 9.83. The Balaban J connectivity index is 2.55. The van der Waals surface area contributed by atoms with Gasteiger partial charge in [-0.15, -0.1) is 0 Å². The number of nitrogens with one attached hydrogen (secondary N) is 1. The van der Waals surface area contributed by atoms with Gasteiger partial charge in [-0.3, -0.25) is 9.69 Å². The third-order valence-corrected chi connectivity index (χ3v) is 6.85. The molecule has 2 amide bonds. The number of likely N-dealkylation sites (N-methyl/N-ethyl adjacent to an activating group) is 2. The SMILES string of the molecule is CCCNCCC[C@@](CN(C)C(=O)CC(F)(F)F)(c1ccc(Cl)c(Cl)c1)N(C)C(=O)Oc1ccc(F)c(F)c1. The molecule has 1 atom stereocenters. The van der Waals surface area contributed by atoms with Gasteiger partial charge in [0.05, 0.1) is 15.6 Å². The Labute approximate surface area is 234 Å². The second-order valence-electron chi connectivity index (χ2n) is 9.06. The first-order valence-corrected chi connectivity index (χ1v) is 12.8. The van der Waals surface area contributed by atoms with E-state index in [1.807, 2.05) is 6.92 Å². The van der Waals surface area contributed by atoms with Gasteiger partial charge in [-0.05, 0) is 62.2 Å². The van der Waals surface area contributed by atoms with E-state index in [-0.39, 0.29) is 28.8 Å². The van der Waals surface area contributed by atoms with Crippen molar-refractivity contribution in [1.29, 1.82) is 0 Å². The molecule has 0 radical (unpaired) electrons. The number of amides is 2. The van der Waals surface area contributed by atoms with Crippen LogP contribution < -0.4 is 10.1 Å². The van der Waals surface area contributed by atoms with Crippen LogP contribution in [0.1, 0.15) is 38.2 Å². The fourth-order valence-electron chi connectivity index (χ4n) is 4.05. The summed E-state index contributed by atoms with van der Waals surface area (Å²) >= 11 is 12.4. The zero-order valence-electron chi connectivity index (χ0n) is 21.7. The molecule has 0 aliphatic carbocycles. The molecule has 0 heterocycles. The van der Waals surface area contributed by atoms with Crippen molar-refractivity contribution in [3.63, 3.8) is 0 Å². The standard InChI is InChI=1S/C26H30Cl2F5N3O3/c1-4-11-34-12-5-10-25(17-6-8-19(27)20(28)13-17,16-35(2)23(37)15-26(31,32)33)36(3)24(38)39-18-7-9-21(29)22(30)14-18/h6-9,13-14,34H,4-5,10-12,15-16H2,1-3H3/t25-/m1/s1. The summed E-state index contributed by atoms with van der Waals surface area (Å²) in [6.07, 6.45) is -5.99.